The van der Waals surface area contributed by atoms with Crippen LogP contribution in [0, 0.1) is 0 Å². The van der Waals surface area contributed by atoms with Crippen molar-refractivity contribution >= 4 is 21.9 Å². The molecule has 0 spiro atoms. The number of carbonyl (C=O) groups is 2. The fourth-order valence-electron chi connectivity index (χ4n) is 1.86. The fourth-order valence-corrected chi connectivity index (χ4v) is 3.18. The maximum atomic E-state index is 12.1. The number of carbonyl (C=O) groups excluding carboxylic acids is 2. The van der Waals surface area contributed by atoms with Crippen LogP contribution in [0.1, 0.15) is 50.4 Å². The standard InChI is InChI=1S/C17H26N2O5S/c1-4-6-11-18-16(20)12-24-17(21)14-7-9-15(10-8-14)25(22,23)19-13(3)5-2/h7-10,13,19H,4-6,11-12H2,1-3H3,(H,18,20)/t13-/m0/s1. The SMILES string of the molecule is CCCCNC(=O)COC(=O)c1ccc(S(=O)(=O)N[C@@H](C)CC)cc1. The first kappa shape index (κ1) is 21.1. The molecule has 0 saturated heterocycles. The van der Waals surface area contributed by atoms with Crippen LogP contribution in [0.25, 0.3) is 0 Å². The normalized spacial score (nSPS) is 12.4. The molecule has 1 aromatic rings. The van der Waals surface area contributed by atoms with Gasteiger partial charge in [-0.25, -0.2) is 17.9 Å². The summed E-state index contributed by atoms with van der Waals surface area (Å²) in [5, 5.41) is 2.64. The van der Waals surface area contributed by atoms with E-state index in [9.17, 15) is 18.0 Å². The van der Waals surface area contributed by atoms with Crippen LogP contribution in [0.5, 0.6) is 0 Å². The number of unbranched alkanes of at least 4 members (excludes halogenated alkanes) is 1. The van der Waals surface area contributed by atoms with Gasteiger partial charge in [-0.1, -0.05) is 20.3 Å². The van der Waals surface area contributed by atoms with Gasteiger partial charge in [0.25, 0.3) is 5.91 Å². The van der Waals surface area contributed by atoms with E-state index in [2.05, 4.69) is 10.0 Å². The second kappa shape index (κ2) is 10.1. The van der Waals surface area contributed by atoms with Gasteiger partial charge in [-0.15, -0.1) is 0 Å². The third-order valence-corrected chi connectivity index (χ3v) is 5.16. The van der Waals surface area contributed by atoms with Gasteiger partial charge in [-0.05, 0) is 44.0 Å². The van der Waals surface area contributed by atoms with Crippen LogP contribution in [0.4, 0.5) is 0 Å². The Labute approximate surface area is 149 Å². The van der Waals surface area contributed by atoms with E-state index >= 15 is 0 Å². The summed E-state index contributed by atoms with van der Waals surface area (Å²) in [5.74, 6) is -1.04. The number of nitrogens with one attached hydrogen (secondary N) is 2. The maximum absolute atomic E-state index is 12.1. The van der Waals surface area contributed by atoms with Crippen molar-refractivity contribution in [2.75, 3.05) is 13.2 Å². The summed E-state index contributed by atoms with van der Waals surface area (Å²) < 4.78 is 31.7. The summed E-state index contributed by atoms with van der Waals surface area (Å²) >= 11 is 0. The van der Waals surface area contributed by atoms with E-state index in [1.807, 2.05) is 13.8 Å². The van der Waals surface area contributed by atoms with Crippen LogP contribution >= 0.6 is 0 Å². The van der Waals surface area contributed by atoms with Crippen molar-refractivity contribution in [2.24, 2.45) is 0 Å². The van der Waals surface area contributed by atoms with E-state index in [1.54, 1.807) is 6.92 Å². The Morgan fingerprint density at radius 3 is 2.36 bits per heavy atom. The number of ether oxygens (including phenoxy) is 1. The Bertz CT molecular complexity index is 671. The summed E-state index contributed by atoms with van der Waals surface area (Å²) in [6.45, 7) is 5.84. The molecule has 2 N–H and O–H groups in total. The molecule has 7 nitrogen and oxygen atoms in total. The van der Waals surface area contributed by atoms with Crippen molar-refractivity contribution in [3.8, 4) is 0 Å². The smallest absolute Gasteiger partial charge is 0.338 e. The molecule has 0 aliphatic carbocycles. The quantitative estimate of drug-likeness (QED) is 0.483. The van der Waals surface area contributed by atoms with Crippen LogP contribution in [0.15, 0.2) is 29.2 Å². The molecule has 25 heavy (non-hydrogen) atoms. The van der Waals surface area contributed by atoms with Crippen molar-refractivity contribution in [1.29, 1.82) is 0 Å². The molecule has 1 amide bonds. The molecule has 0 radical (unpaired) electrons. The molecule has 1 aromatic carbocycles. The summed E-state index contributed by atoms with van der Waals surface area (Å²) in [6.07, 6.45) is 2.49. The monoisotopic (exact) mass is 370 g/mol. The van der Waals surface area contributed by atoms with Gasteiger partial charge >= 0.3 is 5.97 Å². The van der Waals surface area contributed by atoms with E-state index in [1.165, 1.54) is 24.3 Å². The molecule has 1 atom stereocenters. The van der Waals surface area contributed by atoms with Crippen molar-refractivity contribution in [3.63, 3.8) is 0 Å². The van der Waals surface area contributed by atoms with Crippen LogP contribution in [0.2, 0.25) is 0 Å². The maximum Gasteiger partial charge on any atom is 0.338 e. The highest BCUT2D eigenvalue weighted by molar-refractivity contribution is 7.89. The van der Waals surface area contributed by atoms with E-state index in [4.69, 9.17) is 4.74 Å². The number of rotatable bonds is 10. The largest absolute Gasteiger partial charge is 0.452 e. The lowest BCUT2D eigenvalue weighted by molar-refractivity contribution is -0.124. The molecular formula is C17H26N2O5S. The Morgan fingerprint density at radius 1 is 1.16 bits per heavy atom. The lowest BCUT2D eigenvalue weighted by atomic mass is 10.2. The molecule has 0 bridgehead atoms. The number of hydrogen-bond acceptors (Lipinski definition) is 5. The molecule has 1 rings (SSSR count). The second-order valence-electron chi connectivity index (χ2n) is 5.73. The molecular weight excluding hydrogens is 344 g/mol. The first-order chi connectivity index (χ1) is 11.8. The second-order valence-corrected chi connectivity index (χ2v) is 7.45. The summed E-state index contributed by atoms with van der Waals surface area (Å²) in [5.41, 5.74) is 0.184. The minimum Gasteiger partial charge on any atom is -0.452 e. The third kappa shape index (κ3) is 7.23. The highest BCUT2D eigenvalue weighted by Gasteiger charge is 2.17. The van der Waals surface area contributed by atoms with E-state index in [-0.39, 0.29) is 29.0 Å². The third-order valence-electron chi connectivity index (χ3n) is 3.56. The fraction of sp³-hybridized carbons (Fsp3) is 0.529. The highest BCUT2D eigenvalue weighted by atomic mass is 32.2. The van der Waals surface area contributed by atoms with E-state index in [0.717, 1.165) is 12.8 Å². The molecule has 0 aromatic heterocycles. The first-order valence-corrected chi connectivity index (χ1v) is 9.84. The van der Waals surface area contributed by atoms with Crippen LogP contribution < -0.4 is 10.0 Å². The zero-order valence-electron chi connectivity index (χ0n) is 14.9. The van der Waals surface area contributed by atoms with Gasteiger partial charge in [0.2, 0.25) is 10.0 Å². The lowest BCUT2D eigenvalue weighted by Crippen LogP contribution is -2.32. The van der Waals surface area contributed by atoms with Gasteiger partial charge < -0.3 is 10.1 Å². The van der Waals surface area contributed by atoms with Crippen molar-refractivity contribution in [2.45, 2.75) is 51.0 Å². The average molecular weight is 370 g/mol. The van der Waals surface area contributed by atoms with Crippen LogP contribution in [0.3, 0.4) is 0 Å². The molecule has 0 saturated carbocycles. The lowest BCUT2D eigenvalue weighted by Gasteiger charge is -2.12. The molecule has 0 unspecified atom stereocenters. The Kier molecular flexibility index (Phi) is 8.57. The molecule has 0 heterocycles. The number of benzene rings is 1. The number of sulfonamides is 1. The van der Waals surface area contributed by atoms with Crippen LogP contribution in [-0.2, 0) is 19.6 Å². The first-order valence-electron chi connectivity index (χ1n) is 8.36. The molecule has 0 aliphatic rings. The Balaban J connectivity index is 2.61. The molecule has 8 heteroatoms. The predicted molar refractivity (Wildman–Crippen MR) is 94.7 cm³/mol. The number of esters is 1. The van der Waals surface area contributed by atoms with E-state index < -0.39 is 16.0 Å². The zero-order chi connectivity index (χ0) is 18.9. The zero-order valence-corrected chi connectivity index (χ0v) is 15.7. The average Bonchev–Trinajstić information content (AvgIpc) is 2.59. The van der Waals surface area contributed by atoms with Crippen molar-refractivity contribution in [1.82, 2.24) is 10.0 Å². The summed E-state index contributed by atoms with van der Waals surface area (Å²) in [6, 6.07) is 5.22. The molecule has 0 fully saturated rings. The summed E-state index contributed by atoms with van der Waals surface area (Å²) in [7, 11) is -3.62. The van der Waals surface area contributed by atoms with Gasteiger partial charge in [-0.3, -0.25) is 4.79 Å². The van der Waals surface area contributed by atoms with Gasteiger partial charge in [0.1, 0.15) is 0 Å². The minimum absolute atomic E-state index is 0.0710. The van der Waals surface area contributed by atoms with Crippen LogP contribution in [-0.4, -0.2) is 39.5 Å². The predicted octanol–water partition coefficient (Wildman–Crippen LogP) is 1.84. The topological polar surface area (TPSA) is 102 Å². The Morgan fingerprint density at radius 2 is 1.80 bits per heavy atom. The summed E-state index contributed by atoms with van der Waals surface area (Å²) in [4.78, 5) is 23.5. The van der Waals surface area contributed by atoms with Crippen molar-refractivity contribution in [3.05, 3.63) is 29.8 Å². The molecule has 0 aliphatic heterocycles. The van der Waals surface area contributed by atoms with Crippen molar-refractivity contribution < 1.29 is 22.7 Å². The number of amides is 1. The van der Waals surface area contributed by atoms with E-state index in [0.29, 0.717) is 13.0 Å². The number of hydrogen-bond donors (Lipinski definition) is 2. The van der Waals surface area contributed by atoms with Gasteiger partial charge in [-0.2, -0.15) is 0 Å². The van der Waals surface area contributed by atoms with Gasteiger partial charge in [0.05, 0.1) is 10.5 Å². The van der Waals surface area contributed by atoms with Gasteiger partial charge in [0, 0.05) is 12.6 Å². The Hall–Kier alpha value is -1.93. The minimum atomic E-state index is -3.62. The highest BCUT2D eigenvalue weighted by Crippen LogP contribution is 2.12. The molecule has 140 valence electrons. The van der Waals surface area contributed by atoms with Gasteiger partial charge in [0.15, 0.2) is 6.61 Å².